The van der Waals surface area contributed by atoms with Crippen LogP contribution in [0, 0.1) is 32.1 Å². The molecule has 88 valence electrons. The topological polar surface area (TPSA) is 28.7 Å². The second-order valence-electron chi connectivity index (χ2n) is 4.76. The maximum Gasteiger partial charge on any atom is 0.0625 e. The summed E-state index contributed by atoms with van der Waals surface area (Å²) in [6, 6.07) is 6.69. The lowest BCUT2D eigenvalue weighted by atomic mass is 10.0. The lowest BCUT2D eigenvalue weighted by Gasteiger charge is -2.03. The highest BCUT2D eigenvalue weighted by atomic mass is 14.9. The Hall–Kier alpha value is -1.75. The van der Waals surface area contributed by atoms with Gasteiger partial charge in [0.05, 0.1) is 11.6 Å². The van der Waals surface area contributed by atoms with Crippen molar-refractivity contribution in [3.05, 3.63) is 34.5 Å². The Morgan fingerprint density at radius 2 is 1.94 bits per heavy atom. The summed E-state index contributed by atoms with van der Waals surface area (Å²) in [4.78, 5) is 0. The van der Waals surface area contributed by atoms with E-state index in [0.717, 1.165) is 6.42 Å². The van der Waals surface area contributed by atoms with E-state index in [1.54, 1.807) is 0 Å². The van der Waals surface area contributed by atoms with Crippen LogP contribution in [0.4, 0.5) is 0 Å². The summed E-state index contributed by atoms with van der Waals surface area (Å²) in [7, 11) is 2.11. The molecule has 2 nitrogen and oxygen atoms in total. The molecule has 1 aromatic carbocycles. The van der Waals surface area contributed by atoms with Gasteiger partial charge in [0.15, 0.2) is 0 Å². The van der Waals surface area contributed by atoms with Crippen LogP contribution in [0.3, 0.4) is 0 Å². The Bertz CT molecular complexity index is 612. The lowest BCUT2D eigenvalue weighted by Crippen LogP contribution is -1.93. The Kier molecular flexibility index (Phi) is 2.93. The molecule has 0 bridgehead atoms. The fourth-order valence-electron chi connectivity index (χ4n) is 2.70. The minimum absolute atomic E-state index is 0.590. The molecule has 2 heteroatoms. The van der Waals surface area contributed by atoms with Crippen molar-refractivity contribution in [2.45, 2.75) is 33.6 Å². The number of rotatable bonds is 2. The van der Waals surface area contributed by atoms with Gasteiger partial charge in [-0.05, 0) is 44.4 Å². The molecule has 2 rings (SSSR count). The van der Waals surface area contributed by atoms with Gasteiger partial charge in [0.1, 0.15) is 0 Å². The monoisotopic (exact) mass is 226 g/mol. The highest BCUT2D eigenvalue weighted by molar-refractivity contribution is 5.88. The first-order valence-electron chi connectivity index (χ1n) is 5.98. The third-order valence-corrected chi connectivity index (χ3v) is 3.53. The standard InChI is InChI=1S/C15H18N2/c1-10-8-11(2)15-14(9-10)13(6-5-7-16)12(3)17(15)4/h8-9H,5-6H2,1-4H3. The molecule has 0 atom stereocenters. The van der Waals surface area contributed by atoms with E-state index in [1.807, 2.05) is 0 Å². The quantitative estimate of drug-likeness (QED) is 0.769. The Morgan fingerprint density at radius 3 is 2.59 bits per heavy atom. The predicted octanol–water partition coefficient (Wildman–Crippen LogP) is 3.56. The van der Waals surface area contributed by atoms with Gasteiger partial charge in [0.25, 0.3) is 0 Å². The van der Waals surface area contributed by atoms with E-state index in [2.05, 4.69) is 50.6 Å². The SMILES string of the molecule is Cc1cc(C)c2c(c1)c(CCC#N)c(C)n2C. The molecule has 0 amide bonds. The third kappa shape index (κ3) is 1.82. The summed E-state index contributed by atoms with van der Waals surface area (Å²) in [6.45, 7) is 6.42. The van der Waals surface area contributed by atoms with E-state index in [1.165, 1.54) is 33.3 Å². The van der Waals surface area contributed by atoms with Gasteiger partial charge in [0.2, 0.25) is 0 Å². The molecule has 2 aromatic rings. The molecule has 17 heavy (non-hydrogen) atoms. The summed E-state index contributed by atoms with van der Waals surface area (Å²) in [5.74, 6) is 0. The van der Waals surface area contributed by atoms with Crippen LogP contribution in [0.5, 0.6) is 0 Å². The Labute approximate surface area is 102 Å². The molecule has 0 N–H and O–H groups in total. The zero-order chi connectivity index (χ0) is 12.6. The van der Waals surface area contributed by atoms with Gasteiger partial charge in [-0.25, -0.2) is 0 Å². The molecule has 0 radical (unpaired) electrons. The predicted molar refractivity (Wildman–Crippen MR) is 71.1 cm³/mol. The summed E-state index contributed by atoms with van der Waals surface area (Å²) in [6.07, 6.45) is 1.44. The van der Waals surface area contributed by atoms with Crippen molar-refractivity contribution in [2.75, 3.05) is 0 Å². The molecule has 0 saturated carbocycles. The van der Waals surface area contributed by atoms with Crippen LogP contribution in [0.15, 0.2) is 12.1 Å². The largest absolute Gasteiger partial charge is 0.347 e. The first-order valence-corrected chi connectivity index (χ1v) is 5.98. The maximum absolute atomic E-state index is 8.75. The zero-order valence-electron chi connectivity index (χ0n) is 11.0. The van der Waals surface area contributed by atoms with Crippen LogP contribution in [0.25, 0.3) is 10.9 Å². The number of hydrogen-bond donors (Lipinski definition) is 0. The minimum atomic E-state index is 0.590. The van der Waals surface area contributed by atoms with Gasteiger partial charge in [-0.1, -0.05) is 11.6 Å². The number of fused-ring (bicyclic) bond motifs is 1. The van der Waals surface area contributed by atoms with Gasteiger partial charge >= 0.3 is 0 Å². The molecular weight excluding hydrogens is 208 g/mol. The van der Waals surface area contributed by atoms with Crippen LogP contribution in [-0.2, 0) is 13.5 Å². The van der Waals surface area contributed by atoms with Gasteiger partial charge in [-0.15, -0.1) is 0 Å². The molecule has 1 aromatic heterocycles. The first-order chi connectivity index (χ1) is 8.06. The van der Waals surface area contributed by atoms with Crippen LogP contribution < -0.4 is 0 Å². The average molecular weight is 226 g/mol. The van der Waals surface area contributed by atoms with E-state index < -0.39 is 0 Å². The Balaban J connectivity index is 2.75. The number of aryl methyl sites for hydroxylation is 4. The number of hydrogen-bond acceptors (Lipinski definition) is 1. The second-order valence-corrected chi connectivity index (χ2v) is 4.76. The summed E-state index contributed by atoms with van der Waals surface area (Å²) >= 11 is 0. The highest BCUT2D eigenvalue weighted by Gasteiger charge is 2.13. The van der Waals surface area contributed by atoms with Crippen LogP contribution in [0.2, 0.25) is 0 Å². The lowest BCUT2D eigenvalue weighted by molar-refractivity contribution is 0.886. The summed E-state index contributed by atoms with van der Waals surface area (Å²) in [5.41, 5.74) is 6.52. The number of aromatic nitrogens is 1. The van der Waals surface area contributed by atoms with Crippen LogP contribution >= 0.6 is 0 Å². The molecule has 0 aliphatic carbocycles. The molecule has 0 aliphatic heterocycles. The van der Waals surface area contributed by atoms with Crippen molar-refractivity contribution in [1.29, 1.82) is 5.26 Å². The molecular formula is C15H18N2. The molecule has 0 unspecified atom stereocenters. The van der Waals surface area contributed by atoms with Crippen molar-refractivity contribution < 1.29 is 0 Å². The minimum Gasteiger partial charge on any atom is -0.347 e. The van der Waals surface area contributed by atoms with Gasteiger partial charge in [0, 0.05) is 24.5 Å². The normalized spacial score (nSPS) is 10.8. The number of nitrogens with zero attached hydrogens (tertiary/aromatic N) is 2. The van der Waals surface area contributed by atoms with Crippen molar-refractivity contribution in [3.8, 4) is 6.07 Å². The van der Waals surface area contributed by atoms with Crippen molar-refractivity contribution in [2.24, 2.45) is 7.05 Å². The summed E-state index contributed by atoms with van der Waals surface area (Å²) in [5, 5.41) is 10.1. The Morgan fingerprint density at radius 1 is 1.24 bits per heavy atom. The van der Waals surface area contributed by atoms with E-state index in [0.29, 0.717) is 6.42 Å². The zero-order valence-corrected chi connectivity index (χ0v) is 11.0. The van der Waals surface area contributed by atoms with Gasteiger partial charge in [-0.2, -0.15) is 5.26 Å². The fraction of sp³-hybridized carbons (Fsp3) is 0.400. The van der Waals surface area contributed by atoms with Gasteiger partial charge < -0.3 is 4.57 Å². The maximum atomic E-state index is 8.75. The molecule has 0 saturated heterocycles. The highest BCUT2D eigenvalue weighted by Crippen LogP contribution is 2.29. The van der Waals surface area contributed by atoms with Crippen LogP contribution in [-0.4, -0.2) is 4.57 Å². The second kappa shape index (κ2) is 4.25. The van der Waals surface area contributed by atoms with Gasteiger partial charge in [-0.3, -0.25) is 0 Å². The molecule has 1 heterocycles. The summed E-state index contributed by atoms with van der Waals surface area (Å²) < 4.78 is 2.25. The van der Waals surface area contributed by atoms with E-state index in [-0.39, 0.29) is 0 Å². The fourth-order valence-corrected chi connectivity index (χ4v) is 2.70. The van der Waals surface area contributed by atoms with E-state index >= 15 is 0 Å². The smallest absolute Gasteiger partial charge is 0.0625 e. The average Bonchev–Trinajstić information content (AvgIpc) is 2.49. The van der Waals surface area contributed by atoms with E-state index in [9.17, 15) is 0 Å². The van der Waals surface area contributed by atoms with Crippen molar-refractivity contribution in [1.82, 2.24) is 4.57 Å². The number of benzene rings is 1. The van der Waals surface area contributed by atoms with Crippen molar-refractivity contribution >= 4 is 10.9 Å². The third-order valence-electron chi connectivity index (χ3n) is 3.53. The molecule has 0 aliphatic rings. The molecule has 0 fully saturated rings. The van der Waals surface area contributed by atoms with E-state index in [4.69, 9.17) is 5.26 Å². The van der Waals surface area contributed by atoms with Crippen LogP contribution in [0.1, 0.15) is 28.8 Å². The molecule has 0 spiro atoms. The number of nitriles is 1. The van der Waals surface area contributed by atoms with Crippen molar-refractivity contribution in [3.63, 3.8) is 0 Å². The first kappa shape index (κ1) is 11.7.